The third kappa shape index (κ3) is 4.59. The van der Waals surface area contributed by atoms with Crippen LogP contribution in [0, 0.1) is 0 Å². The van der Waals surface area contributed by atoms with E-state index in [1.165, 1.54) is 35.7 Å². The lowest BCUT2D eigenvalue weighted by Gasteiger charge is -2.20. The molecule has 1 atom stereocenters. The van der Waals surface area contributed by atoms with Gasteiger partial charge in [-0.2, -0.15) is 4.68 Å². The Kier molecular flexibility index (Phi) is 5.80. The van der Waals surface area contributed by atoms with Gasteiger partial charge in [0, 0.05) is 0 Å². The number of hydrogen-bond acceptors (Lipinski definition) is 6. The molecule has 0 aliphatic heterocycles. The largest absolute Gasteiger partial charge is 0.508 e. The lowest BCUT2D eigenvalue weighted by atomic mass is 9.89. The topological polar surface area (TPSA) is 92.9 Å². The van der Waals surface area contributed by atoms with E-state index in [-0.39, 0.29) is 23.5 Å². The molecule has 0 bridgehead atoms. The van der Waals surface area contributed by atoms with Crippen molar-refractivity contribution in [2.75, 3.05) is 5.75 Å². The zero-order valence-corrected chi connectivity index (χ0v) is 17.0. The van der Waals surface area contributed by atoms with E-state index >= 15 is 0 Å². The number of thioether (sulfide) groups is 1. The predicted molar refractivity (Wildman–Crippen MR) is 111 cm³/mol. The molecule has 0 saturated heterocycles. The molecule has 7 nitrogen and oxygen atoms in total. The highest BCUT2D eigenvalue weighted by Gasteiger charge is 2.16. The first-order chi connectivity index (χ1) is 14.1. The maximum atomic E-state index is 12.5. The summed E-state index contributed by atoms with van der Waals surface area (Å²) < 4.78 is 1.55. The van der Waals surface area contributed by atoms with Gasteiger partial charge in [-0.25, -0.2) is 0 Å². The standard InChI is InChI=1S/C21H23N5O2S/c1-14(16-7-6-15-4-2-3-5-17(15)12-16)22-20(28)13-29-21-23-24-25-26(21)18-8-10-19(27)11-9-18/h6-12,14,27H,2-5,13H2,1H3,(H,22,28)/t14-/m0/s1. The van der Waals surface area contributed by atoms with Gasteiger partial charge in [-0.3, -0.25) is 4.79 Å². The number of nitrogens with zero attached hydrogens (tertiary/aromatic N) is 4. The van der Waals surface area contributed by atoms with Crippen molar-refractivity contribution in [3.63, 3.8) is 0 Å². The van der Waals surface area contributed by atoms with E-state index in [0.29, 0.717) is 5.16 Å². The van der Waals surface area contributed by atoms with Crippen LogP contribution < -0.4 is 5.32 Å². The smallest absolute Gasteiger partial charge is 0.230 e. The Bertz CT molecular complexity index is 1000. The van der Waals surface area contributed by atoms with Crippen LogP contribution in [0.1, 0.15) is 42.5 Å². The summed E-state index contributed by atoms with van der Waals surface area (Å²) >= 11 is 1.27. The molecule has 0 radical (unpaired) electrons. The quantitative estimate of drug-likeness (QED) is 0.607. The van der Waals surface area contributed by atoms with Crippen molar-refractivity contribution in [2.45, 2.75) is 43.8 Å². The zero-order chi connectivity index (χ0) is 20.2. The number of tetrazole rings is 1. The van der Waals surface area contributed by atoms with E-state index in [4.69, 9.17) is 0 Å². The van der Waals surface area contributed by atoms with Gasteiger partial charge < -0.3 is 10.4 Å². The number of aromatic hydroxyl groups is 1. The van der Waals surface area contributed by atoms with Crippen LogP contribution in [0.4, 0.5) is 0 Å². The zero-order valence-electron chi connectivity index (χ0n) is 16.2. The fourth-order valence-electron chi connectivity index (χ4n) is 3.54. The van der Waals surface area contributed by atoms with Gasteiger partial charge in [-0.1, -0.05) is 30.0 Å². The number of hydrogen-bond donors (Lipinski definition) is 2. The van der Waals surface area contributed by atoms with Crippen molar-refractivity contribution in [3.05, 3.63) is 59.2 Å². The molecule has 29 heavy (non-hydrogen) atoms. The van der Waals surface area contributed by atoms with E-state index in [9.17, 15) is 9.90 Å². The third-order valence-electron chi connectivity index (χ3n) is 5.12. The summed E-state index contributed by atoms with van der Waals surface area (Å²) in [5.41, 5.74) is 4.71. The van der Waals surface area contributed by atoms with Gasteiger partial charge in [0.2, 0.25) is 11.1 Å². The van der Waals surface area contributed by atoms with Crippen LogP contribution in [-0.4, -0.2) is 37.0 Å². The average Bonchev–Trinajstić information content (AvgIpc) is 3.21. The molecule has 8 heteroatoms. The Morgan fingerprint density at radius 2 is 1.93 bits per heavy atom. The fraction of sp³-hybridized carbons (Fsp3) is 0.333. The first kappa shape index (κ1) is 19.4. The minimum Gasteiger partial charge on any atom is -0.508 e. The van der Waals surface area contributed by atoms with Gasteiger partial charge in [-0.05, 0) is 84.0 Å². The van der Waals surface area contributed by atoms with E-state index in [2.05, 4.69) is 39.0 Å². The minimum atomic E-state index is -0.0690. The Hall–Kier alpha value is -2.87. The highest BCUT2D eigenvalue weighted by atomic mass is 32.2. The number of carbonyl (C=O) groups excluding carboxylic acids is 1. The maximum Gasteiger partial charge on any atom is 0.230 e. The number of carbonyl (C=O) groups is 1. The van der Waals surface area contributed by atoms with Crippen LogP contribution in [0.25, 0.3) is 5.69 Å². The summed E-state index contributed by atoms with van der Waals surface area (Å²) in [6.07, 6.45) is 4.78. The second kappa shape index (κ2) is 8.65. The van der Waals surface area contributed by atoms with Gasteiger partial charge in [0.05, 0.1) is 17.5 Å². The molecule has 0 spiro atoms. The molecule has 2 N–H and O–H groups in total. The number of aromatic nitrogens is 4. The number of aryl methyl sites for hydroxylation is 2. The van der Waals surface area contributed by atoms with Crippen LogP contribution >= 0.6 is 11.8 Å². The molecule has 2 aromatic carbocycles. The number of rotatable bonds is 6. The minimum absolute atomic E-state index is 0.0524. The Labute approximate surface area is 173 Å². The summed E-state index contributed by atoms with van der Waals surface area (Å²) in [5, 5.41) is 24.7. The van der Waals surface area contributed by atoms with Crippen molar-refractivity contribution >= 4 is 17.7 Å². The van der Waals surface area contributed by atoms with Crippen molar-refractivity contribution in [2.24, 2.45) is 0 Å². The van der Waals surface area contributed by atoms with Crippen LogP contribution in [-0.2, 0) is 17.6 Å². The number of benzene rings is 2. The molecular formula is C21H23N5O2S. The Morgan fingerprint density at radius 3 is 2.72 bits per heavy atom. The van der Waals surface area contributed by atoms with Crippen LogP contribution in [0.5, 0.6) is 5.75 Å². The molecule has 0 saturated carbocycles. The first-order valence-electron chi connectivity index (χ1n) is 9.72. The SMILES string of the molecule is C[C@H](NC(=O)CSc1nnnn1-c1ccc(O)cc1)c1ccc2c(c1)CCCC2. The fourth-order valence-corrected chi connectivity index (χ4v) is 4.25. The summed E-state index contributed by atoms with van der Waals surface area (Å²) in [7, 11) is 0. The lowest BCUT2D eigenvalue weighted by molar-refractivity contribution is -0.119. The third-order valence-corrected chi connectivity index (χ3v) is 6.04. The predicted octanol–water partition coefficient (Wildman–Crippen LogP) is 3.22. The first-order valence-corrected chi connectivity index (χ1v) is 10.7. The molecular weight excluding hydrogens is 386 g/mol. The highest BCUT2D eigenvalue weighted by Crippen LogP contribution is 2.25. The second-order valence-electron chi connectivity index (χ2n) is 7.20. The molecule has 0 unspecified atom stereocenters. The molecule has 1 aliphatic rings. The van der Waals surface area contributed by atoms with Crippen molar-refractivity contribution in [1.29, 1.82) is 0 Å². The highest BCUT2D eigenvalue weighted by molar-refractivity contribution is 7.99. The summed E-state index contributed by atoms with van der Waals surface area (Å²) in [4.78, 5) is 12.5. The molecule has 1 aliphatic carbocycles. The molecule has 0 fully saturated rings. The number of phenolic OH excluding ortho intramolecular Hbond substituents is 1. The molecule has 150 valence electrons. The molecule has 3 aromatic rings. The van der Waals surface area contributed by atoms with Gasteiger partial charge >= 0.3 is 0 Å². The maximum absolute atomic E-state index is 12.5. The lowest BCUT2D eigenvalue weighted by Crippen LogP contribution is -2.28. The number of phenols is 1. The van der Waals surface area contributed by atoms with E-state index in [0.717, 1.165) is 24.1 Å². The van der Waals surface area contributed by atoms with Gasteiger partial charge in [0.1, 0.15) is 5.75 Å². The van der Waals surface area contributed by atoms with Crippen molar-refractivity contribution in [1.82, 2.24) is 25.5 Å². The molecule has 1 aromatic heterocycles. The van der Waals surface area contributed by atoms with Gasteiger partial charge in [-0.15, -0.1) is 5.10 Å². The number of fused-ring (bicyclic) bond motifs is 1. The summed E-state index contributed by atoms with van der Waals surface area (Å²) in [6, 6.07) is 13.1. The van der Waals surface area contributed by atoms with E-state index < -0.39 is 0 Å². The van der Waals surface area contributed by atoms with Crippen molar-refractivity contribution < 1.29 is 9.90 Å². The average molecular weight is 410 g/mol. The number of amides is 1. The van der Waals surface area contributed by atoms with Crippen LogP contribution in [0.15, 0.2) is 47.6 Å². The van der Waals surface area contributed by atoms with E-state index in [1.807, 2.05) is 6.92 Å². The normalized spacial score (nSPS) is 14.2. The summed E-state index contributed by atoms with van der Waals surface area (Å²) in [5.74, 6) is 0.320. The summed E-state index contributed by atoms with van der Waals surface area (Å²) in [6.45, 7) is 2.01. The van der Waals surface area contributed by atoms with Crippen LogP contribution in [0.3, 0.4) is 0 Å². The Morgan fingerprint density at radius 1 is 1.17 bits per heavy atom. The van der Waals surface area contributed by atoms with E-state index in [1.54, 1.807) is 28.9 Å². The van der Waals surface area contributed by atoms with Gasteiger partial charge in [0.15, 0.2) is 0 Å². The molecule has 1 heterocycles. The number of nitrogens with one attached hydrogen (secondary N) is 1. The Balaban J connectivity index is 1.36. The molecule has 1 amide bonds. The van der Waals surface area contributed by atoms with Crippen LogP contribution in [0.2, 0.25) is 0 Å². The second-order valence-corrected chi connectivity index (χ2v) is 8.15. The van der Waals surface area contributed by atoms with Crippen molar-refractivity contribution in [3.8, 4) is 11.4 Å². The monoisotopic (exact) mass is 409 g/mol. The van der Waals surface area contributed by atoms with Gasteiger partial charge in [0.25, 0.3) is 0 Å². The molecule has 4 rings (SSSR count).